The lowest BCUT2D eigenvalue weighted by Crippen LogP contribution is -2.19. The summed E-state index contributed by atoms with van der Waals surface area (Å²) in [6, 6.07) is 5.92. The molecular formula is C17H24N4O2S. The Kier molecular flexibility index (Phi) is 4.02. The molecule has 130 valence electrons. The minimum absolute atomic E-state index is 0.114. The number of tetrazole rings is 1. The second-order valence-electron chi connectivity index (χ2n) is 7.63. The minimum atomic E-state index is -3.57. The van der Waals surface area contributed by atoms with Crippen molar-refractivity contribution >= 4 is 9.84 Å². The van der Waals surface area contributed by atoms with Crippen LogP contribution in [0.5, 0.6) is 0 Å². The monoisotopic (exact) mass is 348 g/mol. The van der Waals surface area contributed by atoms with Crippen LogP contribution in [0.3, 0.4) is 0 Å². The standard InChI is InChI=1S/C17H24N4O2S/c1-11-6-7-13(17(3,4)5)10-15(11)24(22,23)12(2)16-18-19-20-21(16)14-8-9-14/h6-7,10,12,14H,8-9H2,1-5H3. The van der Waals surface area contributed by atoms with Gasteiger partial charge in [0.1, 0.15) is 5.25 Å². The summed E-state index contributed by atoms with van der Waals surface area (Å²) in [6.45, 7) is 9.72. The van der Waals surface area contributed by atoms with E-state index in [0.717, 1.165) is 24.0 Å². The molecule has 1 heterocycles. The Morgan fingerprint density at radius 1 is 1.25 bits per heavy atom. The normalized spacial score (nSPS) is 17.0. The fourth-order valence-electron chi connectivity index (χ4n) is 2.75. The van der Waals surface area contributed by atoms with E-state index < -0.39 is 15.1 Å². The number of aryl methyl sites for hydroxylation is 1. The number of hydrogen-bond donors (Lipinski definition) is 0. The molecule has 0 aliphatic heterocycles. The van der Waals surface area contributed by atoms with Gasteiger partial charge in [0, 0.05) is 0 Å². The molecule has 0 radical (unpaired) electrons. The molecular weight excluding hydrogens is 324 g/mol. The van der Waals surface area contributed by atoms with Crippen molar-refractivity contribution in [3.63, 3.8) is 0 Å². The molecule has 1 atom stereocenters. The largest absolute Gasteiger partial charge is 0.225 e. The molecule has 1 aliphatic carbocycles. The first-order valence-corrected chi connectivity index (χ1v) is 9.80. The van der Waals surface area contributed by atoms with Crippen LogP contribution in [-0.4, -0.2) is 28.6 Å². The van der Waals surface area contributed by atoms with Crippen molar-refractivity contribution in [3.05, 3.63) is 35.2 Å². The van der Waals surface area contributed by atoms with Gasteiger partial charge in [-0.15, -0.1) is 5.10 Å². The number of rotatable bonds is 4. The van der Waals surface area contributed by atoms with Crippen LogP contribution >= 0.6 is 0 Å². The first kappa shape index (κ1) is 17.1. The lowest BCUT2D eigenvalue weighted by atomic mass is 9.87. The molecule has 0 spiro atoms. The molecule has 1 aromatic carbocycles. The molecule has 1 unspecified atom stereocenters. The zero-order valence-corrected chi connectivity index (χ0v) is 15.6. The lowest BCUT2D eigenvalue weighted by Gasteiger charge is -2.22. The zero-order chi connectivity index (χ0) is 17.7. The summed E-state index contributed by atoms with van der Waals surface area (Å²) < 4.78 is 28.1. The van der Waals surface area contributed by atoms with Crippen molar-refractivity contribution < 1.29 is 8.42 Å². The highest BCUT2D eigenvalue weighted by molar-refractivity contribution is 7.91. The maximum Gasteiger partial charge on any atom is 0.188 e. The molecule has 0 bridgehead atoms. The first-order valence-electron chi connectivity index (χ1n) is 8.25. The van der Waals surface area contributed by atoms with E-state index in [-0.39, 0.29) is 11.5 Å². The smallest absolute Gasteiger partial charge is 0.188 e. The topological polar surface area (TPSA) is 77.7 Å². The van der Waals surface area contributed by atoms with E-state index in [2.05, 4.69) is 36.3 Å². The van der Waals surface area contributed by atoms with Gasteiger partial charge in [-0.25, -0.2) is 13.1 Å². The maximum atomic E-state index is 13.2. The molecule has 3 rings (SSSR count). The van der Waals surface area contributed by atoms with Crippen LogP contribution in [0.2, 0.25) is 0 Å². The number of hydrogen-bond acceptors (Lipinski definition) is 5. The molecule has 0 saturated heterocycles. The van der Waals surface area contributed by atoms with Gasteiger partial charge in [-0.2, -0.15) is 0 Å². The summed E-state index contributed by atoms with van der Waals surface area (Å²) in [7, 11) is -3.57. The minimum Gasteiger partial charge on any atom is -0.225 e. The number of sulfone groups is 1. The summed E-state index contributed by atoms with van der Waals surface area (Å²) >= 11 is 0. The molecule has 6 nitrogen and oxygen atoms in total. The van der Waals surface area contributed by atoms with Crippen molar-refractivity contribution in [2.75, 3.05) is 0 Å². The summed E-state index contributed by atoms with van der Waals surface area (Å²) in [6.07, 6.45) is 2.01. The van der Waals surface area contributed by atoms with Crippen LogP contribution in [0, 0.1) is 6.92 Å². The Morgan fingerprint density at radius 2 is 1.92 bits per heavy atom. The fraction of sp³-hybridized carbons (Fsp3) is 0.588. The van der Waals surface area contributed by atoms with Gasteiger partial charge in [-0.05, 0) is 59.7 Å². The average Bonchev–Trinajstić information content (AvgIpc) is 3.22. The van der Waals surface area contributed by atoms with E-state index in [1.54, 1.807) is 17.7 Å². The van der Waals surface area contributed by atoms with Crippen LogP contribution in [0.15, 0.2) is 23.1 Å². The van der Waals surface area contributed by atoms with Crippen LogP contribution in [0.25, 0.3) is 0 Å². The van der Waals surface area contributed by atoms with E-state index in [0.29, 0.717) is 10.7 Å². The van der Waals surface area contributed by atoms with Gasteiger partial charge in [-0.3, -0.25) is 0 Å². The molecule has 1 fully saturated rings. The molecule has 1 aliphatic rings. The molecule has 0 N–H and O–H groups in total. The highest BCUT2D eigenvalue weighted by Gasteiger charge is 2.36. The van der Waals surface area contributed by atoms with Gasteiger partial charge in [0.25, 0.3) is 0 Å². The van der Waals surface area contributed by atoms with Crippen molar-refractivity contribution in [1.82, 2.24) is 20.2 Å². The predicted molar refractivity (Wildman–Crippen MR) is 91.6 cm³/mol. The van der Waals surface area contributed by atoms with E-state index in [1.165, 1.54) is 0 Å². The van der Waals surface area contributed by atoms with Crippen molar-refractivity contribution in [2.24, 2.45) is 0 Å². The van der Waals surface area contributed by atoms with Gasteiger partial charge in [-0.1, -0.05) is 32.9 Å². The summed E-state index contributed by atoms with van der Waals surface area (Å²) in [5.41, 5.74) is 1.64. The number of benzene rings is 1. The Bertz CT molecular complexity index is 861. The van der Waals surface area contributed by atoms with Gasteiger partial charge < -0.3 is 0 Å². The second kappa shape index (κ2) is 5.65. The van der Waals surface area contributed by atoms with E-state index in [9.17, 15) is 8.42 Å². The van der Waals surface area contributed by atoms with Gasteiger partial charge in [0.15, 0.2) is 15.7 Å². The third-order valence-corrected chi connectivity index (χ3v) is 6.80. The Hall–Kier alpha value is -1.76. The van der Waals surface area contributed by atoms with Crippen LogP contribution in [0.1, 0.15) is 68.8 Å². The highest BCUT2D eigenvalue weighted by atomic mass is 32.2. The fourth-order valence-corrected chi connectivity index (χ4v) is 4.37. The Morgan fingerprint density at radius 3 is 2.50 bits per heavy atom. The number of nitrogens with zero attached hydrogens (tertiary/aromatic N) is 4. The van der Waals surface area contributed by atoms with Crippen molar-refractivity contribution in [2.45, 2.75) is 69.1 Å². The van der Waals surface area contributed by atoms with Gasteiger partial charge in [0.2, 0.25) is 0 Å². The quantitative estimate of drug-likeness (QED) is 0.848. The molecule has 1 aromatic heterocycles. The molecule has 1 saturated carbocycles. The molecule has 7 heteroatoms. The molecule has 0 amide bonds. The van der Waals surface area contributed by atoms with E-state index >= 15 is 0 Å². The zero-order valence-electron chi connectivity index (χ0n) is 14.8. The van der Waals surface area contributed by atoms with Crippen molar-refractivity contribution in [3.8, 4) is 0 Å². The Labute approximate surface area is 143 Å². The average molecular weight is 348 g/mol. The van der Waals surface area contributed by atoms with Gasteiger partial charge >= 0.3 is 0 Å². The van der Waals surface area contributed by atoms with Crippen molar-refractivity contribution in [1.29, 1.82) is 0 Å². The predicted octanol–water partition coefficient (Wildman–Crippen LogP) is 3.15. The molecule has 24 heavy (non-hydrogen) atoms. The van der Waals surface area contributed by atoms with Crippen LogP contribution in [0.4, 0.5) is 0 Å². The summed E-state index contributed by atoms with van der Waals surface area (Å²) in [5, 5.41) is 10.9. The SMILES string of the molecule is Cc1ccc(C(C)(C)C)cc1S(=O)(=O)C(C)c1nnnn1C1CC1. The van der Waals surface area contributed by atoms with E-state index in [4.69, 9.17) is 0 Å². The second-order valence-corrected chi connectivity index (χ2v) is 9.87. The lowest BCUT2D eigenvalue weighted by molar-refractivity contribution is 0.555. The highest BCUT2D eigenvalue weighted by Crippen LogP contribution is 2.38. The number of aromatic nitrogens is 4. The van der Waals surface area contributed by atoms with Crippen LogP contribution in [-0.2, 0) is 15.3 Å². The maximum absolute atomic E-state index is 13.2. The first-order chi connectivity index (χ1) is 11.1. The third-order valence-electron chi connectivity index (χ3n) is 4.60. The van der Waals surface area contributed by atoms with E-state index in [1.807, 2.05) is 19.1 Å². The van der Waals surface area contributed by atoms with Gasteiger partial charge in [0.05, 0.1) is 10.9 Å². The van der Waals surface area contributed by atoms with Crippen LogP contribution < -0.4 is 0 Å². The third kappa shape index (κ3) is 2.97. The summed E-state index contributed by atoms with van der Waals surface area (Å²) in [4.78, 5) is 0.368. The summed E-state index contributed by atoms with van der Waals surface area (Å²) in [5.74, 6) is 0.429. The Balaban J connectivity index is 2.05. The molecule has 2 aromatic rings.